The standard InChI is InChI=1S/C17H32N4O4S.2ClH/c1-3-17(4-2,13-18)16(23)21-8-6-20(7-9-21)11-15(22)19-14-5-10-26(24,25)12-14;;/h14H,3-13,18H2,1-2H3,(H,19,22);2*1H. The molecule has 2 aliphatic heterocycles. The Labute approximate surface area is 180 Å². The van der Waals surface area contributed by atoms with Crippen LogP contribution in [-0.4, -0.2) is 86.8 Å². The number of nitrogens with zero attached hydrogens (tertiary/aromatic N) is 2. The molecular formula is C17H34Cl2N4O4S. The van der Waals surface area contributed by atoms with Crippen LogP contribution in [-0.2, 0) is 19.4 Å². The lowest BCUT2D eigenvalue weighted by molar-refractivity contribution is -0.144. The molecule has 0 aromatic rings. The molecule has 3 N–H and O–H groups in total. The Bertz CT molecular complexity index is 612. The van der Waals surface area contributed by atoms with Crippen LogP contribution in [0.1, 0.15) is 33.1 Å². The highest BCUT2D eigenvalue weighted by molar-refractivity contribution is 7.91. The molecule has 0 saturated carbocycles. The van der Waals surface area contributed by atoms with Crippen molar-refractivity contribution in [3.05, 3.63) is 0 Å². The highest BCUT2D eigenvalue weighted by Gasteiger charge is 2.38. The number of sulfone groups is 1. The number of nitrogens with one attached hydrogen (secondary N) is 1. The van der Waals surface area contributed by atoms with Crippen LogP contribution in [0.2, 0.25) is 0 Å². The van der Waals surface area contributed by atoms with Gasteiger partial charge in [0.1, 0.15) is 0 Å². The third kappa shape index (κ3) is 6.73. The number of rotatable bonds is 7. The van der Waals surface area contributed by atoms with Gasteiger partial charge in [-0.15, -0.1) is 24.8 Å². The van der Waals surface area contributed by atoms with Gasteiger partial charge in [0, 0.05) is 38.8 Å². The molecular weight excluding hydrogens is 427 g/mol. The zero-order chi connectivity index (χ0) is 19.4. The molecule has 0 radical (unpaired) electrons. The van der Waals surface area contributed by atoms with Crippen LogP contribution >= 0.6 is 24.8 Å². The maximum atomic E-state index is 12.8. The summed E-state index contributed by atoms with van der Waals surface area (Å²) in [6.45, 7) is 7.04. The summed E-state index contributed by atoms with van der Waals surface area (Å²) in [5, 5.41) is 2.81. The number of amides is 2. The molecule has 1 atom stereocenters. The summed E-state index contributed by atoms with van der Waals surface area (Å²) < 4.78 is 22.9. The van der Waals surface area contributed by atoms with Crippen LogP contribution < -0.4 is 11.1 Å². The Hall–Kier alpha value is -0.610. The summed E-state index contributed by atoms with van der Waals surface area (Å²) in [7, 11) is -3.00. The first-order valence-corrected chi connectivity index (χ1v) is 11.3. The van der Waals surface area contributed by atoms with Crippen LogP contribution in [0, 0.1) is 5.41 Å². The maximum Gasteiger partial charge on any atom is 0.234 e. The van der Waals surface area contributed by atoms with Gasteiger partial charge in [0.2, 0.25) is 11.8 Å². The molecule has 2 heterocycles. The Morgan fingerprint density at radius 3 is 2.11 bits per heavy atom. The van der Waals surface area contributed by atoms with E-state index in [-0.39, 0.29) is 60.7 Å². The van der Waals surface area contributed by atoms with Crippen molar-refractivity contribution >= 4 is 46.5 Å². The van der Waals surface area contributed by atoms with Crippen molar-refractivity contribution in [3.8, 4) is 0 Å². The molecule has 2 amide bonds. The van der Waals surface area contributed by atoms with Gasteiger partial charge in [-0.25, -0.2) is 8.42 Å². The van der Waals surface area contributed by atoms with Crippen LogP contribution in [0.15, 0.2) is 0 Å². The molecule has 0 bridgehead atoms. The van der Waals surface area contributed by atoms with E-state index in [1.54, 1.807) is 0 Å². The summed E-state index contributed by atoms with van der Waals surface area (Å²) in [6, 6.07) is -0.269. The SMILES string of the molecule is CCC(CC)(CN)C(=O)N1CCN(CC(=O)NC2CCS(=O)(=O)C2)CC1.Cl.Cl. The Morgan fingerprint density at radius 2 is 1.68 bits per heavy atom. The summed E-state index contributed by atoms with van der Waals surface area (Å²) in [5.74, 6) is 0.155. The number of carbonyl (C=O) groups is 2. The van der Waals surface area contributed by atoms with Crippen molar-refractivity contribution in [1.82, 2.24) is 15.1 Å². The number of nitrogens with two attached hydrogens (primary N) is 1. The average Bonchev–Trinajstić information content (AvgIpc) is 2.95. The minimum Gasteiger partial charge on any atom is -0.351 e. The van der Waals surface area contributed by atoms with Crippen molar-refractivity contribution in [2.45, 2.75) is 39.2 Å². The number of halogens is 2. The number of carbonyl (C=O) groups excluding carboxylic acids is 2. The van der Waals surface area contributed by atoms with Gasteiger partial charge >= 0.3 is 0 Å². The Kier molecular flexibility index (Phi) is 11.3. The second-order valence-corrected chi connectivity index (χ2v) is 9.66. The lowest BCUT2D eigenvalue weighted by Gasteiger charge is -2.40. The van der Waals surface area contributed by atoms with Crippen LogP contribution in [0.25, 0.3) is 0 Å². The summed E-state index contributed by atoms with van der Waals surface area (Å²) >= 11 is 0. The fourth-order valence-electron chi connectivity index (χ4n) is 3.76. The molecule has 166 valence electrons. The average molecular weight is 461 g/mol. The van der Waals surface area contributed by atoms with Crippen LogP contribution in [0.5, 0.6) is 0 Å². The van der Waals surface area contributed by atoms with E-state index in [0.717, 1.165) is 12.8 Å². The van der Waals surface area contributed by atoms with E-state index in [1.165, 1.54) is 0 Å². The van der Waals surface area contributed by atoms with Gasteiger partial charge in [-0.05, 0) is 19.3 Å². The van der Waals surface area contributed by atoms with Gasteiger partial charge < -0.3 is 16.0 Å². The van der Waals surface area contributed by atoms with Gasteiger partial charge in [-0.2, -0.15) is 0 Å². The molecule has 2 aliphatic rings. The summed E-state index contributed by atoms with van der Waals surface area (Å²) in [4.78, 5) is 28.8. The highest BCUT2D eigenvalue weighted by Crippen LogP contribution is 2.28. The van der Waals surface area contributed by atoms with E-state index in [9.17, 15) is 18.0 Å². The Balaban J connectivity index is 0.00000364. The van der Waals surface area contributed by atoms with Crippen molar-refractivity contribution in [2.75, 3.05) is 50.8 Å². The molecule has 2 rings (SSSR count). The predicted octanol–water partition coefficient (Wildman–Crippen LogP) is 0.0426. The number of hydrogen-bond acceptors (Lipinski definition) is 6. The Morgan fingerprint density at radius 1 is 1.11 bits per heavy atom. The fraction of sp³-hybridized carbons (Fsp3) is 0.882. The smallest absolute Gasteiger partial charge is 0.234 e. The second kappa shape index (κ2) is 11.5. The zero-order valence-electron chi connectivity index (χ0n) is 16.7. The number of piperazine rings is 1. The van der Waals surface area contributed by atoms with Crippen molar-refractivity contribution in [3.63, 3.8) is 0 Å². The molecule has 0 aromatic carbocycles. The first-order valence-electron chi connectivity index (χ1n) is 9.47. The minimum absolute atomic E-state index is 0. The lowest BCUT2D eigenvalue weighted by atomic mass is 9.81. The predicted molar refractivity (Wildman–Crippen MR) is 115 cm³/mol. The monoisotopic (exact) mass is 460 g/mol. The topological polar surface area (TPSA) is 113 Å². The second-order valence-electron chi connectivity index (χ2n) is 7.43. The van der Waals surface area contributed by atoms with Gasteiger partial charge in [-0.1, -0.05) is 13.8 Å². The van der Waals surface area contributed by atoms with Crippen molar-refractivity contribution < 1.29 is 18.0 Å². The van der Waals surface area contributed by atoms with Crippen LogP contribution in [0.3, 0.4) is 0 Å². The largest absolute Gasteiger partial charge is 0.351 e. The van der Waals surface area contributed by atoms with Gasteiger partial charge in [0.05, 0.1) is 23.5 Å². The molecule has 28 heavy (non-hydrogen) atoms. The third-order valence-electron chi connectivity index (χ3n) is 5.82. The third-order valence-corrected chi connectivity index (χ3v) is 7.59. The molecule has 0 aliphatic carbocycles. The maximum absolute atomic E-state index is 12.8. The normalized spacial score (nSPS) is 22.1. The fourth-order valence-corrected chi connectivity index (χ4v) is 5.43. The van der Waals surface area contributed by atoms with Gasteiger partial charge in [0.15, 0.2) is 9.84 Å². The van der Waals surface area contributed by atoms with E-state index in [1.807, 2.05) is 23.6 Å². The summed E-state index contributed by atoms with van der Waals surface area (Å²) in [6.07, 6.45) is 1.95. The molecule has 0 aromatic heterocycles. The zero-order valence-corrected chi connectivity index (χ0v) is 19.1. The quantitative estimate of drug-likeness (QED) is 0.554. The first-order chi connectivity index (χ1) is 12.2. The van der Waals surface area contributed by atoms with Crippen molar-refractivity contribution in [2.24, 2.45) is 11.1 Å². The number of hydrogen-bond donors (Lipinski definition) is 2. The first kappa shape index (κ1) is 27.4. The molecule has 0 spiro atoms. The highest BCUT2D eigenvalue weighted by atomic mass is 35.5. The molecule has 1 unspecified atom stereocenters. The lowest BCUT2D eigenvalue weighted by Crippen LogP contribution is -2.56. The molecule has 2 fully saturated rings. The van der Waals surface area contributed by atoms with E-state index in [2.05, 4.69) is 5.32 Å². The van der Waals surface area contributed by atoms with Crippen LogP contribution in [0.4, 0.5) is 0 Å². The van der Waals surface area contributed by atoms with E-state index in [0.29, 0.717) is 39.1 Å². The minimum atomic E-state index is -3.00. The van der Waals surface area contributed by atoms with E-state index in [4.69, 9.17) is 5.73 Å². The van der Waals surface area contributed by atoms with E-state index < -0.39 is 15.3 Å². The van der Waals surface area contributed by atoms with Gasteiger partial charge in [-0.3, -0.25) is 14.5 Å². The van der Waals surface area contributed by atoms with E-state index >= 15 is 0 Å². The molecule has 8 nitrogen and oxygen atoms in total. The molecule has 11 heteroatoms. The molecule has 2 saturated heterocycles. The van der Waals surface area contributed by atoms with Gasteiger partial charge in [0.25, 0.3) is 0 Å². The summed E-state index contributed by atoms with van der Waals surface area (Å²) in [5.41, 5.74) is 5.39. The van der Waals surface area contributed by atoms with Crippen molar-refractivity contribution in [1.29, 1.82) is 0 Å².